The second-order valence-corrected chi connectivity index (χ2v) is 5.44. The van der Waals surface area contributed by atoms with E-state index in [4.69, 9.17) is 0 Å². The summed E-state index contributed by atoms with van der Waals surface area (Å²) in [5.74, 6) is 1.50. The summed E-state index contributed by atoms with van der Waals surface area (Å²) in [6.45, 7) is 0.509. The SMILES string of the molecule is O=C(NCc1ccncc1)C1=NN=C2C1CC1CC21. The molecule has 0 bridgehead atoms. The minimum atomic E-state index is -0.0816. The van der Waals surface area contributed by atoms with Crippen LogP contribution in [0.4, 0.5) is 0 Å². The van der Waals surface area contributed by atoms with Crippen LogP contribution in [0.2, 0.25) is 0 Å². The number of hydrogen-bond acceptors (Lipinski definition) is 4. The van der Waals surface area contributed by atoms with Crippen molar-refractivity contribution in [2.24, 2.45) is 28.0 Å². The van der Waals surface area contributed by atoms with E-state index in [1.165, 1.54) is 6.42 Å². The summed E-state index contributed by atoms with van der Waals surface area (Å²) in [5.41, 5.74) is 2.80. The molecule has 1 N–H and O–H groups in total. The van der Waals surface area contributed by atoms with Crippen molar-refractivity contribution in [3.8, 4) is 0 Å². The molecule has 2 fully saturated rings. The zero-order valence-corrected chi connectivity index (χ0v) is 10.4. The van der Waals surface area contributed by atoms with Crippen molar-refractivity contribution in [2.75, 3.05) is 0 Å². The van der Waals surface area contributed by atoms with Crippen molar-refractivity contribution < 1.29 is 4.79 Å². The van der Waals surface area contributed by atoms with Crippen LogP contribution in [0, 0.1) is 17.8 Å². The Morgan fingerprint density at radius 1 is 1.26 bits per heavy atom. The van der Waals surface area contributed by atoms with Gasteiger partial charge in [0.25, 0.3) is 5.91 Å². The molecule has 19 heavy (non-hydrogen) atoms. The van der Waals surface area contributed by atoms with Crippen molar-refractivity contribution in [3.05, 3.63) is 30.1 Å². The topological polar surface area (TPSA) is 66.7 Å². The van der Waals surface area contributed by atoms with E-state index < -0.39 is 0 Å². The maximum absolute atomic E-state index is 12.2. The molecule has 1 aromatic heterocycles. The Hall–Kier alpha value is -2.04. The first-order chi connectivity index (χ1) is 9.33. The second-order valence-electron chi connectivity index (χ2n) is 5.44. The zero-order chi connectivity index (χ0) is 12.8. The number of nitrogens with one attached hydrogen (secondary N) is 1. The second kappa shape index (κ2) is 3.98. The number of hydrogen-bond donors (Lipinski definition) is 1. The molecule has 1 aliphatic heterocycles. The molecule has 2 saturated carbocycles. The molecule has 0 spiro atoms. The molecule has 0 aromatic carbocycles. The monoisotopic (exact) mass is 254 g/mol. The third-order valence-electron chi connectivity index (χ3n) is 4.24. The molecule has 2 heterocycles. The van der Waals surface area contributed by atoms with Crippen molar-refractivity contribution in [1.82, 2.24) is 10.3 Å². The highest BCUT2D eigenvalue weighted by Gasteiger charge is 2.55. The number of rotatable bonds is 3. The van der Waals surface area contributed by atoms with Gasteiger partial charge in [-0.3, -0.25) is 9.78 Å². The molecule has 3 unspecified atom stereocenters. The number of nitrogens with zero attached hydrogens (tertiary/aromatic N) is 3. The standard InChI is InChI=1S/C14H14N4O/c19-14(16-7-8-1-3-15-4-2-8)13-11-6-9-5-10(9)12(11)17-18-13/h1-4,9-11H,5-7H2,(H,16,19). The summed E-state index contributed by atoms with van der Waals surface area (Å²) in [7, 11) is 0. The third kappa shape index (κ3) is 1.77. The predicted octanol–water partition coefficient (Wildman–Crippen LogP) is 1.16. The minimum absolute atomic E-state index is 0.0816. The van der Waals surface area contributed by atoms with Gasteiger partial charge >= 0.3 is 0 Å². The van der Waals surface area contributed by atoms with Crippen molar-refractivity contribution in [2.45, 2.75) is 19.4 Å². The van der Waals surface area contributed by atoms with E-state index in [0.29, 0.717) is 18.2 Å². The van der Waals surface area contributed by atoms with Gasteiger partial charge in [-0.1, -0.05) is 0 Å². The van der Waals surface area contributed by atoms with Crippen LogP contribution in [0.5, 0.6) is 0 Å². The summed E-state index contributed by atoms with van der Waals surface area (Å²) in [6, 6.07) is 3.78. The van der Waals surface area contributed by atoms with E-state index in [-0.39, 0.29) is 11.8 Å². The average molecular weight is 254 g/mol. The molecule has 0 saturated heterocycles. The fourth-order valence-electron chi connectivity index (χ4n) is 3.11. The third-order valence-corrected chi connectivity index (χ3v) is 4.24. The van der Waals surface area contributed by atoms with Gasteiger partial charge in [0.1, 0.15) is 5.71 Å². The predicted molar refractivity (Wildman–Crippen MR) is 70.7 cm³/mol. The molecular formula is C14H14N4O. The van der Waals surface area contributed by atoms with E-state index in [1.54, 1.807) is 12.4 Å². The Morgan fingerprint density at radius 3 is 2.95 bits per heavy atom. The number of pyridine rings is 1. The maximum Gasteiger partial charge on any atom is 0.268 e. The Labute approximate surface area is 110 Å². The van der Waals surface area contributed by atoms with Crippen molar-refractivity contribution in [3.63, 3.8) is 0 Å². The highest BCUT2D eigenvalue weighted by Crippen LogP contribution is 2.54. The summed E-state index contributed by atoms with van der Waals surface area (Å²) in [5, 5.41) is 11.2. The average Bonchev–Trinajstić information content (AvgIpc) is 2.93. The molecule has 1 amide bonds. The van der Waals surface area contributed by atoms with Crippen LogP contribution in [0.15, 0.2) is 34.7 Å². The molecule has 5 heteroatoms. The summed E-state index contributed by atoms with van der Waals surface area (Å²) in [6.07, 6.45) is 5.75. The lowest BCUT2D eigenvalue weighted by Gasteiger charge is -2.10. The quantitative estimate of drug-likeness (QED) is 0.879. The van der Waals surface area contributed by atoms with Gasteiger partial charge in [-0.05, 0) is 36.5 Å². The largest absolute Gasteiger partial charge is 0.347 e. The lowest BCUT2D eigenvalue weighted by Crippen LogP contribution is -2.35. The first-order valence-electron chi connectivity index (χ1n) is 6.65. The first kappa shape index (κ1) is 10.8. The first-order valence-corrected chi connectivity index (χ1v) is 6.65. The smallest absolute Gasteiger partial charge is 0.268 e. The van der Waals surface area contributed by atoms with Crippen LogP contribution in [-0.2, 0) is 11.3 Å². The Morgan fingerprint density at radius 2 is 2.11 bits per heavy atom. The van der Waals surface area contributed by atoms with Gasteiger partial charge in [-0.25, -0.2) is 0 Å². The van der Waals surface area contributed by atoms with Gasteiger partial charge in [-0.2, -0.15) is 5.10 Å². The fraction of sp³-hybridized carbons (Fsp3) is 0.429. The molecule has 96 valence electrons. The van der Waals surface area contributed by atoms with Crippen LogP contribution in [0.1, 0.15) is 18.4 Å². The van der Waals surface area contributed by atoms with Gasteiger partial charge in [0, 0.05) is 30.8 Å². The van der Waals surface area contributed by atoms with Crippen LogP contribution < -0.4 is 5.32 Å². The van der Waals surface area contributed by atoms with Gasteiger partial charge in [0.05, 0.1) is 5.71 Å². The molecular weight excluding hydrogens is 240 g/mol. The number of aromatic nitrogens is 1. The highest BCUT2D eigenvalue weighted by molar-refractivity contribution is 6.45. The van der Waals surface area contributed by atoms with E-state index in [1.807, 2.05) is 12.1 Å². The number of fused-ring (bicyclic) bond motifs is 3. The highest BCUT2D eigenvalue weighted by atomic mass is 16.2. The molecule has 3 aliphatic rings. The van der Waals surface area contributed by atoms with Crippen molar-refractivity contribution in [1.29, 1.82) is 0 Å². The van der Waals surface area contributed by atoms with E-state index in [9.17, 15) is 4.79 Å². The van der Waals surface area contributed by atoms with Gasteiger partial charge in [0.15, 0.2) is 0 Å². The van der Waals surface area contributed by atoms with Gasteiger partial charge < -0.3 is 5.32 Å². The van der Waals surface area contributed by atoms with Crippen LogP contribution >= 0.6 is 0 Å². The van der Waals surface area contributed by atoms with E-state index >= 15 is 0 Å². The number of carbonyl (C=O) groups is 1. The zero-order valence-electron chi connectivity index (χ0n) is 10.4. The Kier molecular flexibility index (Phi) is 2.27. The minimum Gasteiger partial charge on any atom is -0.347 e. The van der Waals surface area contributed by atoms with Gasteiger partial charge in [-0.15, -0.1) is 5.10 Å². The van der Waals surface area contributed by atoms with Gasteiger partial charge in [0.2, 0.25) is 0 Å². The van der Waals surface area contributed by atoms with Crippen LogP contribution in [0.25, 0.3) is 0 Å². The molecule has 3 atom stereocenters. The fourth-order valence-corrected chi connectivity index (χ4v) is 3.11. The van der Waals surface area contributed by atoms with Crippen molar-refractivity contribution >= 4 is 17.3 Å². The molecule has 1 aromatic rings. The molecule has 5 nitrogen and oxygen atoms in total. The molecule has 0 radical (unpaired) electrons. The number of amides is 1. The van der Waals surface area contributed by atoms with E-state index in [0.717, 1.165) is 23.6 Å². The Balaban J connectivity index is 1.40. The lowest BCUT2D eigenvalue weighted by atomic mass is 9.96. The van der Waals surface area contributed by atoms with Crippen LogP contribution in [0.3, 0.4) is 0 Å². The summed E-state index contributed by atoms with van der Waals surface area (Å²) >= 11 is 0. The maximum atomic E-state index is 12.2. The Bertz CT molecular complexity index is 593. The molecule has 2 aliphatic carbocycles. The number of carbonyl (C=O) groups excluding carboxylic acids is 1. The summed E-state index contributed by atoms with van der Waals surface area (Å²) in [4.78, 5) is 16.1. The summed E-state index contributed by atoms with van der Waals surface area (Å²) < 4.78 is 0. The van der Waals surface area contributed by atoms with Crippen LogP contribution in [-0.4, -0.2) is 22.3 Å². The lowest BCUT2D eigenvalue weighted by molar-refractivity contribution is -0.115. The normalized spacial score (nSPS) is 30.2. The molecule has 4 rings (SSSR count). The van der Waals surface area contributed by atoms with E-state index in [2.05, 4.69) is 20.5 Å².